The zero-order chi connectivity index (χ0) is 15.2. The Balaban J connectivity index is 2.00. The Kier molecular flexibility index (Phi) is 5.56. The van der Waals surface area contributed by atoms with Crippen LogP contribution in [0.2, 0.25) is 0 Å². The number of hydrogen-bond donors (Lipinski definition) is 1. The number of carbonyl (C=O) groups is 1. The third-order valence-electron chi connectivity index (χ3n) is 4.23. The first-order valence-corrected chi connectivity index (χ1v) is 7.85. The minimum Gasteiger partial charge on any atom is -0.385 e. The van der Waals surface area contributed by atoms with Gasteiger partial charge in [-0.15, -0.1) is 0 Å². The Labute approximate surface area is 127 Å². The lowest BCUT2D eigenvalue weighted by Crippen LogP contribution is -2.45. The lowest BCUT2D eigenvalue weighted by Gasteiger charge is -2.36. The van der Waals surface area contributed by atoms with Crippen LogP contribution >= 0.6 is 0 Å². The van der Waals surface area contributed by atoms with E-state index in [-0.39, 0.29) is 5.91 Å². The highest BCUT2D eigenvalue weighted by atomic mass is 16.2. The lowest BCUT2D eigenvalue weighted by molar-refractivity contribution is 0.0641. The first-order chi connectivity index (χ1) is 10.2. The van der Waals surface area contributed by atoms with Crippen LogP contribution in [0, 0.1) is 0 Å². The summed E-state index contributed by atoms with van der Waals surface area (Å²) >= 11 is 0. The highest BCUT2D eigenvalue weighted by Gasteiger charge is 2.26. The van der Waals surface area contributed by atoms with E-state index in [0.717, 1.165) is 44.7 Å². The molecule has 5 nitrogen and oxygen atoms in total. The second-order valence-corrected chi connectivity index (χ2v) is 5.54. The Morgan fingerprint density at radius 3 is 2.76 bits per heavy atom. The molecule has 0 radical (unpaired) electrons. The number of nitrogens with zero attached hydrogens (tertiary/aromatic N) is 3. The molecule has 0 unspecified atom stereocenters. The van der Waals surface area contributed by atoms with Gasteiger partial charge in [-0.3, -0.25) is 9.78 Å². The van der Waals surface area contributed by atoms with E-state index in [1.54, 1.807) is 6.20 Å². The smallest absolute Gasteiger partial charge is 0.272 e. The maximum Gasteiger partial charge on any atom is 0.272 e. The molecule has 0 aromatic carbocycles. The number of piperidine rings is 1. The topological polar surface area (TPSA) is 48.5 Å². The molecule has 2 heterocycles. The molecule has 0 bridgehead atoms. The molecule has 1 N–H and O–H groups in total. The Morgan fingerprint density at radius 1 is 1.43 bits per heavy atom. The predicted molar refractivity (Wildman–Crippen MR) is 85.6 cm³/mol. The number of amides is 1. The van der Waals surface area contributed by atoms with E-state index in [9.17, 15) is 4.79 Å². The molecular formula is C16H26N4O. The largest absolute Gasteiger partial charge is 0.385 e. The van der Waals surface area contributed by atoms with Crippen LogP contribution in [-0.4, -0.2) is 60.0 Å². The average molecular weight is 290 g/mol. The van der Waals surface area contributed by atoms with E-state index in [2.05, 4.69) is 22.1 Å². The number of hydrogen-bond acceptors (Lipinski definition) is 4. The number of anilines is 1. The van der Waals surface area contributed by atoms with Gasteiger partial charge >= 0.3 is 0 Å². The highest BCUT2D eigenvalue weighted by molar-refractivity contribution is 5.93. The van der Waals surface area contributed by atoms with Crippen molar-refractivity contribution in [3.05, 3.63) is 24.0 Å². The fourth-order valence-corrected chi connectivity index (χ4v) is 2.83. The van der Waals surface area contributed by atoms with Gasteiger partial charge in [0.1, 0.15) is 5.69 Å². The standard InChI is InChI=1S/C16H26N4O/c1-4-17-13-6-9-18-15(12-13)16(21)19(3)14-7-10-20(5-2)11-8-14/h6,9,12,14H,4-5,7-8,10-11H2,1-3H3,(H,17,18). The molecule has 1 aromatic rings. The molecule has 21 heavy (non-hydrogen) atoms. The maximum absolute atomic E-state index is 12.6. The summed E-state index contributed by atoms with van der Waals surface area (Å²) in [5.74, 6) is 0.0182. The zero-order valence-electron chi connectivity index (χ0n) is 13.3. The van der Waals surface area contributed by atoms with Crippen LogP contribution < -0.4 is 5.32 Å². The normalized spacial score (nSPS) is 16.7. The van der Waals surface area contributed by atoms with Crippen LogP contribution in [0.25, 0.3) is 0 Å². The highest BCUT2D eigenvalue weighted by Crippen LogP contribution is 2.18. The molecule has 1 amide bonds. The van der Waals surface area contributed by atoms with Crippen LogP contribution in [-0.2, 0) is 0 Å². The van der Waals surface area contributed by atoms with E-state index in [0.29, 0.717) is 11.7 Å². The summed E-state index contributed by atoms with van der Waals surface area (Å²) in [7, 11) is 1.90. The van der Waals surface area contributed by atoms with Crippen molar-refractivity contribution in [3.63, 3.8) is 0 Å². The Morgan fingerprint density at radius 2 is 2.14 bits per heavy atom. The summed E-state index contributed by atoms with van der Waals surface area (Å²) in [6.45, 7) is 8.30. The number of nitrogens with one attached hydrogen (secondary N) is 1. The summed E-state index contributed by atoms with van der Waals surface area (Å²) in [6.07, 6.45) is 3.78. The van der Waals surface area contributed by atoms with E-state index in [1.807, 2.05) is 31.0 Å². The van der Waals surface area contributed by atoms with Crippen molar-refractivity contribution in [1.82, 2.24) is 14.8 Å². The van der Waals surface area contributed by atoms with E-state index in [1.165, 1.54) is 0 Å². The van der Waals surface area contributed by atoms with Gasteiger partial charge in [-0.2, -0.15) is 0 Å². The van der Waals surface area contributed by atoms with Crippen molar-refractivity contribution >= 4 is 11.6 Å². The summed E-state index contributed by atoms with van der Waals surface area (Å²) in [5.41, 5.74) is 1.47. The van der Waals surface area contributed by atoms with E-state index < -0.39 is 0 Å². The fraction of sp³-hybridized carbons (Fsp3) is 0.625. The maximum atomic E-state index is 12.6. The number of likely N-dealkylation sites (tertiary alicyclic amines) is 1. The molecular weight excluding hydrogens is 264 g/mol. The monoisotopic (exact) mass is 290 g/mol. The molecule has 1 fully saturated rings. The molecule has 116 valence electrons. The first kappa shape index (κ1) is 15.8. The van der Waals surface area contributed by atoms with Crippen LogP contribution in [0.4, 0.5) is 5.69 Å². The van der Waals surface area contributed by atoms with E-state index in [4.69, 9.17) is 0 Å². The quantitative estimate of drug-likeness (QED) is 0.902. The molecule has 1 aromatic heterocycles. The summed E-state index contributed by atoms with van der Waals surface area (Å²) in [5, 5.41) is 3.22. The third kappa shape index (κ3) is 3.94. The summed E-state index contributed by atoms with van der Waals surface area (Å²) in [6, 6.07) is 4.05. The molecule has 5 heteroatoms. The predicted octanol–water partition coefficient (Wildman–Crippen LogP) is 2.07. The molecule has 0 aliphatic carbocycles. The molecule has 1 aliphatic heterocycles. The van der Waals surface area contributed by atoms with Crippen molar-refractivity contribution in [2.24, 2.45) is 0 Å². The summed E-state index contributed by atoms with van der Waals surface area (Å²) < 4.78 is 0. The third-order valence-corrected chi connectivity index (χ3v) is 4.23. The Hall–Kier alpha value is -1.62. The molecule has 0 saturated carbocycles. The minimum atomic E-state index is 0.0182. The van der Waals surface area contributed by atoms with Crippen molar-refractivity contribution in [2.75, 3.05) is 38.5 Å². The van der Waals surface area contributed by atoms with Gasteiger partial charge < -0.3 is 15.1 Å². The van der Waals surface area contributed by atoms with Crippen LogP contribution in [0.15, 0.2) is 18.3 Å². The van der Waals surface area contributed by atoms with Crippen LogP contribution in [0.3, 0.4) is 0 Å². The van der Waals surface area contributed by atoms with E-state index >= 15 is 0 Å². The van der Waals surface area contributed by atoms with Crippen molar-refractivity contribution in [1.29, 1.82) is 0 Å². The number of carbonyl (C=O) groups excluding carboxylic acids is 1. The number of aromatic nitrogens is 1. The Bertz CT molecular complexity index is 469. The molecule has 1 saturated heterocycles. The van der Waals surface area contributed by atoms with Crippen LogP contribution in [0.1, 0.15) is 37.2 Å². The van der Waals surface area contributed by atoms with Gasteiger partial charge in [-0.05, 0) is 38.4 Å². The van der Waals surface area contributed by atoms with Gasteiger partial charge in [0.15, 0.2) is 0 Å². The zero-order valence-corrected chi connectivity index (χ0v) is 13.3. The first-order valence-electron chi connectivity index (χ1n) is 7.85. The molecule has 0 atom stereocenters. The van der Waals surface area contributed by atoms with Crippen molar-refractivity contribution < 1.29 is 4.79 Å². The van der Waals surface area contributed by atoms with Crippen molar-refractivity contribution in [3.8, 4) is 0 Å². The second-order valence-electron chi connectivity index (χ2n) is 5.54. The minimum absolute atomic E-state index is 0.0182. The average Bonchev–Trinajstić information content (AvgIpc) is 2.54. The molecule has 0 spiro atoms. The van der Waals surface area contributed by atoms with Gasteiger partial charge in [-0.1, -0.05) is 6.92 Å². The number of rotatable bonds is 5. The van der Waals surface area contributed by atoms with Gasteiger partial charge in [0.05, 0.1) is 0 Å². The van der Waals surface area contributed by atoms with Gasteiger partial charge in [0.25, 0.3) is 5.91 Å². The second kappa shape index (κ2) is 7.41. The lowest BCUT2D eigenvalue weighted by atomic mass is 10.0. The van der Waals surface area contributed by atoms with Crippen molar-refractivity contribution in [2.45, 2.75) is 32.7 Å². The molecule has 1 aliphatic rings. The van der Waals surface area contributed by atoms with Gasteiger partial charge in [0, 0.05) is 44.6 Å². The van der Waals surface area contributed by atoms with Gasteiger partial charge in [-0.25, -0.2) is 0 Å². The molecule has 2 rings (SSSR count). The number of pyridine rings is 1. The summed E-state index contributed by atoms with van der Waals surface area (Å²) in [4.78, 5) is 21.1. The van der Waals surface area contributed by atoms with Crippen LogP contribution in [0.5, 0.6) is 0 Å². The SMILES string of the molecule is CCNc1ccnc(C(=O)N(C)C2CCN(CC)CC2)c1. The van der Waals surface area contributed by atoms with Gasteiger partial charge in [0.2, 0.25) is 0 Å². The fourth-order valence-electron chi connectivity index (χ4n) is 2.83.